The van der Waals surface area contributed by atoms with Gasteiger partial charge in [0, 0.05) is 6.04 Å². The molecule has 3 atom stereocenters. The second kappa shape index (κ2) is 5.10. The second-order valence-corrected chi connectivity index (χ2v) is 5.49. The molecule has 1 saturated carbocycles. The third-order valence-corrected chi connectivity index (χ3v) is 4.23. The molecule has 21 heavy (non-hydrogen) atoms. The van der Waals surface area contributed by atoms with Gasteiger partial charge in [-0.25, -0.2) is 4.79 Å². The van der Waals surface area contributed by atoms with Crippen molar-refractivity contribution in [2.45, 2.75) is 56.3 Å². The van der Waals surface area contributed by atoms with Crippen molar-refractivity contribution >= 4 is 11.9 Å². The van der Waals surface area contributed by atoms with Crippen molar-refractivity contribution in [3.8, 4) is 0 Å². The molecule has 0 aromatic heterocycles. The summed E-state index contributed by atoms with van der Waals surface area (Å²) in [6.45, 7) is 0. The van der Waals surface area contributed by atoms with Crippen molar-refractivity contribution in [1.29, 1.82) is 0 Å². The van der Waals surface area contributed by atoms with E-state index in [9.17, 15) is 31.5 Å². The van der Waals surface area contributed by atoms with E-state index in [1.54, 1.807) is 0 Å². The van der Waals surface area contributed by atoms with Gasteiger partial charge in [0.1, 0.15) is 6.04 Å². The van der Waals surface area contributed by atoms with Gasteiger partial charge >= 0.3 is 24.0 Å². The first kappa shape index (κ1) is 16.0. The van der Waals surface area contributed by atoms with Gasteiger partial charge in [0.15, 0.2) is 0 Å². The van der Waals surface area contributed by atoms with Crippen LogP contribution in [0.4, 0.5) is 22.0 Å². The van der Waals surface area contributed by atoms with Crippen molar-refractivity contribution in [2.24, 2.45) is 5.92 Å². The minimum atomic E-state index is -6.03. The molecule has 0 bridgehead atoms. The van der Waals surface area contributed by atoms with E-state index in [1.807, 2.05) is 0 Å². The molecule has 0 spiro atoms. The molecule has 120 valence electrons. The normalized spacial score (nSPS) is 30.1. The SMILES string of the molecule is O=C(O)C1CC2CCCCC2N1C(=O)C(F)(F)C(F)(F)F. The average Bonchev–Trinajstić information content (AvgIpc) is 2.75. The molecule has 1 aliphatic carbocycles. The van der Waals surface area contributed by atoms with Gasteiger partial charge in [-0.1, -0.05) is 12.8 Å². The second-order valence-electron chi connectivity index (χ2n) is 5.49. The van der Waals surface area contributed by atoms with Crippen molar-refractivity contribution in [3.05, 3.63) is 0 Å². The van der Waals surface area contributed by atoms with E-state index in [4.69, 9.17) is 5.11 Å². The average molecular weight is 315 g/mol. The van der Waals surface area contributed by atoms with Crippen molar-refractivity contribution in [1.82, 2.24) is 4.90 Å². The number of hydrogen-bond donors (Lipinski definition) is 1. The summed E-state index contributed by atoms with van der Waals surface area (Å²) in [5.41, 5.74) is 0. The van der Waals surface area contributed by atoms with E-state index in [0.29, 0.717) is 12.8 Å². The number of hydrogen-bond acceptors (Lipinski definition) is 2. The van der Waals surface area contributed by atoms with Crippen molar-refractivity contribution in [2.75, 3.05) is 0 Å². The van der Waals surface area contributed by atoms with Gasteiger partial charge in [0.2, 0.25) is 0 Å². The molecule has 9 heteroatoms. The Hall–Kier alpha value is -1.41. The van der Waals surface area contributed by atoms with E-state index in [0.717, 1.165) is 6.42 Å². The number of amides is 1. The van der Waals surface area contributed by atoms with E-state index in [-0.39, 0.29) is 23.7 Å². The Balaban J connectivity index is 2.33. The van der Waals surface area contributed by atoms with Gasteiger partial charge < -0.3 is 10.0 Å². The topological polar surface area (TPSA) is 57.6 Å². The van der Waals surface area contributed by atoms with Crippen molar-refractivity contribution < 1.29 is 36.6 Å². The predicted molar refractivity (Wildman–Crippen MR) is 59.6 cm³/mol. The lowest BCUT2D eigenvalue weighted by molar-refractivity contribution is -0.275. The van der Waals surface area contributed by atoms with E-state index in [1.165, 1.54) is 0 Å². The van der Waals surface area contributed by atoms with Crippen LogP contribution in [0.25, 0.3) is 0 Å². The molecule has 3 unspecified atom stereocenters. The first-order valence-corrected chi connectivity index (χ1v) is 6.57. The van der Waals surface area contributed by atoms with Gasteiger partial charge in [-0.15, -0.1) is 0 Å². The lowest BCUT2D eigenvalue weighted by Crippen LogP contribution is -2.57. The first-order chi connectivity index (χ1) is 9.57. The molecule has 1 heterocycles. The molecule has 0 aromatic carbocycles. The molecule has 1 N–H and O–H groups in total. The lowest BCUT2D eigenvalue weighted by Gasteiger charge is -2.35. The van der Waals surface area contributed by atoms with E-state index >= 15 is 0 Å². The van der Waals surface area contributed by atoms with Crippen molar-refractivity contribution in [3.63, 3.8) is 0 Å². The first-order valence-electron chi connectivity index (χ1n) is 6.57. The van der Waals surface area contributed by atoms with Crippen LogP contribution >= 0.6 is 0 Å². The van der Waals surface area contributed by atoms with Gasteiger partial charge in [0.05, 0.1) is 0 Å². The van der Waals surface area contributed by atoms with Crippen LogP contribution in [0.3, 0.4) is 0 Å². The van der Waals surface area contributed by atoms with Gasteiger partial charge in [-0.3, -0.25) is 4.79 Å². The smallest absolute Gasteiger partial charge is 0.463 e. The van der Waals surface area contributed by atoms with Crippen LogP contribution in [-0.2, 0) is 9.59 Å². The molecule has 0 radical (unpaired) electrons. The molecule has 1 aliphatic heterocycles. The number of carbonyl (C=O) groups excluding carboxylic acids is 1. The number of nitrogens with zero attached hydrogens (tertiary/aromatic N) is 1. The maximum absolute atomic E-state index is 13.3. The molecular weight excluding hydrogens is 301 g/mol. The van der Waals surface area contributed by atoms with Crippen LogP contribution < -0.4 is 0 Å². The van der Waals surface area contributed by atoms with Crippen LogP contribution in [0.15, 0.2) is 0 Å². The summed E-state index contributed by atoms with van der Waals surface area (Å²) in [6, 6.07) is -2.46. The molecule has 1 saturated heterocycles. The molecule has 2 fully saturated rings. The highest BCUT2D eigenvalue weighted by atomic mass is 19.4. The molecule has 0 aromatic rings. The summed E-state index contributed by atoms with van der Waals surface area (Å²) in [5, 5.41) is 9.03. The highest BCUT2D eigenvalue weighted by Crippen LogP contribution is 2.44. The summed E-state index contributed by atoms with van der Waals surface area (Å²) < 4.78 is 63.6. The lowest BCUT2D eigenvalue weighted by atomic mass is 9.84. The maximum Gasteiger partial charge on any atom is 0.463 e. The predicted octanol–water partition coefficient (Wildman–Crippen LogP) is 2.43. The van der Waals surface area contributed by atoms with E-state index < -0.39 is 36.1 Å². The zero-order chi connectivity index (χ0) is 16.0. The van der Waals surface area contributed by atoms with Crippen LogP contribution in [0.2, 0.25) is 0 Å². The zero-order valence-electron chi connectivity index (χ0n) is 10.9. The van der Waals surface area contributed by atoms with E-state index in [2.05, 4.69) is 0 Å². The number of halogens is 5. The van der Waals surface area contributed by atoms with Crippen LogP contribution in [0.1, 0.15) is 32.1 Å². The summed E-state index contributed by atoms with van der Waals surface area (Å²) in [6.07, 6.45) is -3.97. The Morgan fingerprint density at radius 1 is 1.05 bits per heavy atom. The number of likely N-dealkylation sites (tertiary alicyclic amines) is 1. The number of rotatable bonds is 2. The fraction of sp³-hybridized carbons (Fsp3) is 0.833. The van der Waals surface area contributed by atoms with Gasteiger partial charge in [-0.2, -0.15) is 22.0 Å². The summed E-state index contributed by atoms with van der Waals surface area (Å²) in [7, 11) is 0. The molecule has 2 aliphatic rings. The van der Waals surface area contributed by atoms with Crippen LogP contribution in [0, 0.1) is 5.92 Å². The molecule has 2 rings (SSSR count). The minimum absolute atomic E-state index is 0.0698. The van der Waals surface area contributed by atoms with Crippen LogP contribution in [-0.4, -0.2) is 46.1 Å². The summed E-state index contributed by atoms with van der Waals surface area (Å²) in [5.74, 6) is -9.88. The number of carbonyl (C=O) groups is 2. The molecule has 4 nitrogen and oxygen atoms in total. The van der Waals surface area contributed by atoms with Gasteiger partial charge in [-0.05, 0) is 25.2 Å². The van der Waals surface area contributed by atoms with Crippen LogP contribution in [0.5, 0.6) is 0 Å². The maximum atomic E-state index is 13.3. The minimum Gasteiger partial charge on any atom is -0.480 e. The Bertz CT molecular complexity index is 451. The Labute approximate surface area is 116 Å². The molecule has 1 amide bonds. The number of alkyl halides is 5. The summed E-state index contributed by atoms with van der Waals surface area (Å²) in [4.78, 5) is 23.1. The monoisotopic (exact) mass is 315 g/mol. The Kier molecular flexibility index (Phi) is 3.88. The Morgan fingerprint density at radius 2 is 1.62 bits per heavy atom. The number of fused-ring (bicyclic) bond motifs is 1. The Morgan fingerprint density at radius 3 is 2.14 bits per heavy atom. The summed E-state index contributed by atoms with van der Waals surface area (Å²) >= 11 is 0. The zero-order valence-corrected chi connectivity index (χ0v) is 10.9. The quantitative estimate of drug-likeness (QED) is 0.796. The number of carboxylic acids is 1. The van der Waals surface area contributed by atoms with Gasteiger partial charge in [0.25, 0.3) is 0 Å². The largest absolute Gasteiger partial charge is 0.480 e. The fourth-order valence-corrected chi connectivity index (χ4v) is 3.26. The number of carboxylic acid groups (broad SMARTS) is 1. The standard InChI is InChI=1S/C12H14F5NO3/c13-11(14,12(15,16)17)10(21)18-7-4-2-1-3-6(7)5-8(18)9(19)20/h6-8H,1-5H2,(H,19,20). The third kappa shape index (κ3) is 2.57. The fourth-order valence-electron chi connectivity index (χ4n) is 3.26. The highest BCUT2D eigenvalue weighted by molar-refractivity contribution is 5.89. The number of aliphatic carboxylic acids is 1. The molecular formula is C12H14F5NO3. The highest BCUT2D eigenvalue weighted by Gasteiger charge is 2.67. The third-order valence-electron chi connectivity index (χ3n) is 4.23.